The number of hydrogen-bond acceptors (Lipinski definition) is 5. The molecule has 4 heterocycles. The Hall–Kier alpha value is -1.63. The van der Waals surface area contributed by atoms with Gasteiger partial charge in [0, 0.05) is 12.6 Å². The van der Waals surface area contributed by atoms with Crippen LogP contribution in [0.3, 0.4) is 0 Å². The number of aromatic amines is 1. The predicted octanol–water partition coefficient (Wildman–Crippen LogP) is -0.789. The summed E-state index contributed by atoms with van der Waals surface area (Å²) in [5.41, 5.74) is 5.37. The summed E-state index contributed by atoms with van der Waals surface area (Å²) < 4.78 is 0. The van der Waals surface area contributed by atoms with Crippen molar-refractivity contribution >= 4 is 11.9 Å². The van der Waals surface area contributed by atoms with Crippen molar-refractivity contribution in [1.82, 2.24) is 25.4 Å². The highest BCUT2D eigenvalue weighted by Crippen LogP contribution is 2.27. The molecule has 1 amide bonds. The highest BCUT2D eigenvalue weighted by atomic mass is 16.2. The van der Waals surface area contributed by atoms with Crippen LogP contribution in [0, 0.1) is 5.92 Å². The highest BCUT2D eigenvalue weighted by molar-refractivity contribution is 5.90. The van der Waals surface area contributed by atoms with Crippen molar-refractivity contribution in [3.05, 3.63) is 5.82 Å². The predicted molar refractivity (Wildman–Crippen MR) is 61.2 cm³/mol. The van der Waals surface area contributed by atoms with Gasteiger partial charge in [0.15, 0.2) is 0 Å². The summed E-state index contributed by atoms with van der Waals surface area (Å²) in [4.78, 5) is 18.1. The van der Waals surface area contributed by atoms with E-state index in [1.165, 1.54) is 12.8 Å². The molecule has 4 rings (SSSR count). The highest BCUT2D eigenvalue weighted by Gasteiger charge is 2.35. The lowest BCUT2D eigenvalue weighted by molar-refractivity contribution is 0.0615. The third-order valence-corrected chi connectivity index (χ3v) is 3.69. The number of hydrogen-bond donors (Lipinski definition) is 3. The smallest absolute Gasteiger partial charge is 0.288 e. The molecule has 1 atom stereocenters. The Balaban J connectivity index is 1.65. The van der Waals surface area contributed by atoms with Crippen molar-refractivity contribution in [3.63, 3.8) is 0 Å². The van der Waals surface area contributed by atoms with Gasteiger partial charge in [0.25, 0.3) is 5.91 Å². The summed E-state index contributed by atoms with van der Waals surface area (Å²) in [6.07, 6.45) is 2.34. The van der Waals surface area contributed by atoms with E-state index in [-0.39, 0.29) is 23.7 Å². The average Bonchev–Trinajstić information content (AvgIpc) is 2.77. The second-order valence-corrected chi connectivity index (χ2v) is 4.76. The molecule has 3 aliphatic heterocycles. The maximum absolute atomic E-state index is 11.9. The van der Waals surface area contributed by atoms with E-state index in [4.69, 9.17) is 5.73 Å². The number of piperidine rings is 3. The van der Waals surface area contributed by atoms with Crippen molar-refractivity contribution < 1.29 is 4.79 Å². The monoisotopic (exact) mass is 236 g/mol. The zero-order valence-electron chi connectivity index (χ0n) is 9.52. The largest absolute Gasteiger partial charge is 0.366 e. The molecule has 3 saturated heterocycles. The second kappa shape index (κ2) is 3.99. The van der Waals surface area contributed by atoms with Gasteiger partial charge in [-0.2, -0.15) is 4.98 Å². The number of nitrogens with zero attached hydrogens (tertiary/aromatic N) is 3. The summed E-state index contributed by atoms with van der Waals surface area (Å²) in [5, 5.41) is 9.19. The van der Waals surface area contributed by atoms with Crippen LogP contribution in [0.5, 0.6) is 0 Å². The Morgan fingerprint density at radius 2 is 2.24 bits per heavy atom. The number of rotatable bonds is 2. The summed E-state index contributed by atoms with van der Waals surface area (Å²) >= 11 is 0. The quantitative estimate of drug-likeness (QED) is 0.625. The van der Waals surface area contributed by atoms with Gasteiger partial charge < -0.3 is 16.0 Å². The first kappa shape index (κ1) is 10.5. The number of H-pyrrole nitrogens is 1. The number of amides is 1. The number of nitrogens with one attached hydrogen (secondary N) is 2. The molecule has 7 heteroatoms. The van der Waals surface area contributed by atoms with Gasteiger partial charge in [0.2, 0.25) is 11.8 Å². The SMILES string of the molecule is Nc1n[nH]c(C(=O)NC2CN3CCC2CC3)n1. The van der Waals surface area contributed by atoms with Crippen LogP contribution >= 0.6 is 0 Å². The van der Waals surface area contributed by atoms with Crippen molar-refractivity contribution in [2.75, 3.05) is 25.4 Å². The number of carbonyl (C=O) groups excluding carboxylic acids is 1. The summed E-state index contributed by atoms with van der Waals surface area (Å²) in [6, 6.07) is 0.233. The van der Waals surface area contributed by atoms with E-state index >= 15 is 0 Å². The van der Waals surface area contributed by atoms with Gasteiger partial charge in [-0.1, -0.05) is 0 Å². The molecule has 92 valence electrons. The van der Waals surface area contributed by atoms with Gasteiger partial charge in [-0.15, -0.1) is 5.10 Å². The Kier molecular flexibility index (Phi) is 2.47. The molecule has 0 radical (unpaired) electrons. The third-order valence-electron chi connectivity index (χ3n) is 3.69. The molecule has 0 saturated carbocycles. The molecule has 3 fully saturated rings. The van der Waals surface area contributed by atoms with E-state index in [0.29, 0.717) is 5.92 Å². The van der Waals surface area contributed by atoms with Crippen LogP contribution in [-0.4, -0.2) is 51.7 Å². The Labute approximate surface area is 98.8 Å². The van der Waals surface area contributed by atoms with Crippen LogP contribution in [-0.2, 0) is 0 Å². The summed E-state index contributed by atoms with van der Waals surface area (Å²) in [5.74, 6) is 0.681. The zero-order chi connectivity index (χ0) is 11.8. The van der Waals surface area contributed by atoms with Crippen molar-refractivity contribution in [1.29, 1.82) is 0 Å². The molecule has 3 aliphatic rings. The molecule has 2 bridgehead atoms. The van der Waals surface area contributed by atoms with Gasteiger partial charge >= 0.3 is 0 Å². The van der Waals surface area contributed by atoms with Crippen LogP contribution in [0.15, 0.2) is 0 Å². The van der Waals surface area contributed by atoms with Crippen LogP contribution in [0.4, 0.5) is 5.95 Å². The number of aromatic nitrogens is 3. The summed E-state index contributed by atoms with van der Waals surface area (Å²) in [7, 11) is 0. The lowest BCUT2D eigenvalue weighted by Gasteiger charge is -2.44. The van der Waals surface area contributed by atoms with Crippen molar-refractivity contribution in [3.8, 4) is 0 Å². The number of carbonyl (C=O) groups is 1. The molecule has 0 aromatic carbocycles. The fourth-order valence-electron chi connectivity index (χ4n) is 2.74. The molecule has 0 aliphatic carbocycles. The van der Waals surface area contributed by atoms with Crippen LogP contribution in [0.1, 0.15) is 23.5 Å². The van der Waals surface area contributed by atoms with Gasteiger partial charge in [0.1, 0.15) is 0 Å². The lowest BCUT2D eigenvalue weighted by Crippen LogP contribution is -2.57. The van der Waals surface area contributed by atoms with Crippen LogP contribution in [0.2, 0.25) is 0 Å². The molecule has 1 unspecified atom stereocenters. The van der Waals surface area contributed by atoms with Gasteiger partial charge in [-0.3, -0.25) is 9.89 Å². The van der Waals surface area contributed by atoms with E-state index in [1.807, 2.05) is 0 Å². The van der Waals surface area contributed by atoms with E-state index in [9.17, 15) is 4.79 Å². The maximum Gasteiger partial charge on any atom is 0.288 e. The fraction of sp³-hybridized carbons (Fsp3) is 0.700. The Bertz CT molecular complexity index is 422. The van der Waals surface area contributed by atoms with Crippen molar-refractivity contribution in [2.45, 2.75) is 18.9 Å². The minimum absolute atomic E-state index is 0.101. The fourth-order valence-corrected chi connectivity index (χ4v) is 2.74. The minimum Gasteiger partial charge on any atom is -0.366 e. The molecule has 4 N–H and O–H groups in total. The molecular formula is C10H16N6O. The first-order valence-electron chi connectivity index (χ1n) is 5.93. The summed E-state index contributed by atoms with van der Waals surface area (Å²) in [6.45, 7) is 3.26. The number of nitrogen functional groups attached to an aromatic ring is 1. The first-order valence-corrected chi connectivity index (χ1v) is 5.93. The normalized spacial score (nSPS) is 31.4. The van der Waals surface area contributed by atoms with Gasteiger partial charge in [-0.05, 0) is 31.8 Å². The molecule has 7 nitrogen and oxygen atoms in total. The first-order chi connectivity index (χ1) is 8.22. The van der Waals surface area contributed by atoms with E-state index in [1.54, 1.807) is 0 Å². The topological polar surface area (TPSA) is 99.9 Å². The number of fused-ring (bicyclic) bond motifs is 3. The lowest BCUT2D eigenvalue weighted by atomic mass is 9.84. The molecule has 17 heavy (non-hydrogen) atoms. The van der Waals surface area contributed by atoms with Crippen LogP contribution in [0.25, 0.3) is 0 Å². The second-order valence-electron chi connectivity index (χ2n) is 4.76. The van der Waals surface area contributed by atoms with Crippen LogP contribution < -0.4 is 11.1 Å². The molecule has 0 spiro atoms. The number of nitrogens with two attached hydrogens (primary N) is 1. The zero-order valence-corrected chi connectivity index (χ0v) is 9.52. The molecule has 1 aromatic rings. The van der Waals surface area contributed by atoms with E-state index < -0.39 is 0 Å². The van der Waals surface area contributed by atoms with E-state index in [0.717, 1.165) is 19.6 Å². The van der Waals surface area contributed by atoms with Gasteiger partial charge in [-0.25, -0.2) is 0 Å². The Morgan fingerprint density at radius 3 is 2.76 bits per heavy atom. The van der Waals surface area contributed by atoms with Crippen molar-refractivity contribution in [2.24, 2.45) is 5.92 Å². The van der Waals surface area contributed by atoms with Gasteiger partial charge in [0.05, 0.1) is 0 Å². The molecule has 1 aromatic heterocycles. The van der Waals surface area contributed by atoms with E-state index in [2.05, 4.69) is 25.4 Å². The Morgan fingerprint density at radius 1 is 1.47 bits per heavy atom. The standard InChI is InChI=1S/C10H16N6O/c11-10-13-8(14-15-10)9(17)12-7-5-16-3-1-6(7)2-4-16/h6-7H,1-5H2,(H,12,17)(H3,11,13,14,15). The average molecular weight is 236 g/mol. The molecular weight excluding hydrogens is 220 g/mol. The third kappa shape index (κ3) is 1.97. The minimum atomic E-state index is -0.215. The maximum atomic E-state index is 11.9. The number of anilines is 1.